The summed E-state index contributed by atoms with van der Waals surface area (Å²) in [5.41, 5.74) is -2.56. The summed E-state index contributed by atoms with van der Waals surface area (Å²) >= 11 is 0. The molecule has 0 saturated heterocycles. The van der Waals surface area contributed by atoms with Crippen molar-refractivity contribution < 1.29 is 36.8 Å². The molecule has 0 aliphatic heterocycles. The quantitative estimate of drug-likeness (QED) is 0.374. The minimum atomic E-state index is -4.72. The molecule has 0 unspecified atom stereocenters. The summed E-state index contributed by atoms with van der Waals surface area (Å²) in [5, 5.41) is 13.6. The summed E-state index contributed by atoms with van der Waals surface area (Å²) in [7, 11) is 0. The molecule has 2 aromatic carbocycles. The van der Waals surface area contributed by atoms with Gasteiger partial charge in [0.1, 0.15) is 22.9 Å². The zero-order chi connectivity index (χ0) is 22.7. The van der Waals surface area contributed by atoms with Crippen LogP contribution in [-0.4, -0.2) is 29.4 Å². The normalized spacial score (nSPS) is 11.7. The third-order valence-corrected chi connectivity index (χ3v) is 3.49. The van der Waals surface area contributed by atoms with Gasteiger partial charge in [-0.2, -0.15) is 13.2 Å². The van der Waals surface area contributed by atoms with Gasteiger partial charge in [-0.25, -0.2) is 9.18 Å². The van der Waals surface area contributed by atoms with Crippen LogP contribution in [0.25, 0.3) is 11.1 Å². The molecule has 0 atom stereocenters. The first-order valence-corrected chi connectivity index (χ1v) is 8.54. The molecule has 0 aliphatic carbocycles. The number of nitrogens with one attached hydrogen (secondary N) is 1. The Kier molecular flexibility index (Phi) is 6.53. The predicted molar refractivity (Wildman–Crippen MR) is 99.9 cm³/mol. The molecule has 7 nitrogen and oxygen atoms in total. The van der Waals surface area contributed by atoms with Crippen LogP contribution in [0.1, 0.15) is 20.8 Å². The second-order valence-electron chi connectivity index (χ2n) is 7.13. The number of benzene rings is 2. The minimum Gasteiger partial charge on any atom is -0.483 e. The number of carbonyl (C=O) groups excluding carboxylic acids is 1. The molecule has 1 N–H and O–H groups in total. The predicted octanol–water partition coefficient (Wildman–Crippen LogP) is 5.69. The number of halogens is 4. The maximum Gasteiger partial charge on any atom is 0.422 e. The molecule has 0 aliphatic rings. The lowest BCUT2D eigenvalue weighted by atomic mass is 10.0. The number of amides is 1. The first-order chi connectivity index (χ1) is 13.8. The Morgan fingerprint density at radius 2 is 1.77 bits per heavy atom. The molecular weight excluding hydrogens is 412 g/mol. The molecule has 1 amide bonds. The van der Waals surface area contributed by atoms with Gasteiger partial charge in [-0.15, -0.1) is 0 Å². The van der Waals surface area contributed by atoms with Gasteiger partial charge in [0.25, 0.3) is 5.69 Å². The lowest BCUT2D eigenvalue weighted by molar-refractivity contribution is -0.383. The number of nitro benzene ring substituents is 1. The summed E-state index contributed by atoms with van der Waals surface area (Å²) < 4.78 is 62.0. The molecule has 0 fully saturated rings. The lowest BCUT2D eigenvalue weighted by Crippen LogP contribution is -2.27. The van der Waals surface area contributed by atoms with Crippen molar-refractivity contribution in [3.8, 4) is 16.9 Å². The highest BCUT2D eigenvalue weighted by Crippen LogP contribution is 2.40. The van der Waals surface area contributed by atoms with E-state index in [2.05, 4.69) is 5.32 Å². The van der Waals surface area contributed by atoms with Crippen LogP contribution in [0.5, 0.6) is 5.75 Å². The summed E-state index contributed by atoms with van der Waals surface area (Å²) in [6, 6.07) is 6.69. The number of anilines is 1. The SMILES string of the molecule is CC(C)(C)OC(=O)Nc1cc(OCC(F)(F)F)c(-c2ccccc2F)cc1[N+](=O)[O-]. The Balaban J connectivity index is 2.59. The second-order valence-corrected chi connectivity index (χ2v) is 7.13. The molecule has 0 saturated carbocycles. The minimum absolute atomic E-state index is 0.207. The van der Waals surface area contributed by atoms with Crippen molar-refractivity contribution in [1.82, 2.24) is 0 Å². The standard InChI is InChI=1S/C19H18F4N2O5/c1-18(2,3)30-17(26)24-14-9-16(29-10-19(21,22)23)12(8-15(14)25(27)28)11-6-4-5-7-13(11)20/h4-9H,10H2,1-3H3,(H,24,26). The molecule has 0 aromatic heterocycles. The van der Waals surface area contributed by atoms with Gasteiger partial charge in [0.05, 0.1) is 4.92 Å². The van der Waals surface area contributed by atoms with Crippen molar-refractivity contribution in [1.29, 1.82) is 0 Å². The Morgan fingerprint density at radius 3 is 2.30 bits per heavy atom. The number of hydrogen-bond donors (Lipinski definition) is 1. The molecule has 2 aromatic rings. The topological polar surface area (TPSA) is 90.7 Å². The summed E-state index contributed by atoms with van der Waals surface area (Å²) in [6.07, 6.45) is -5.78. The van der Waals surface area contributed by atoms with Crippen LogP contribution in [0.4, 0.5) is 33.7 Å². The van der Waals surface area contributed by atoms with Crippen molar-refractivity contribution in [2.24, 2.45) is 0 Å². The molecule has 0 radical (unpaired) electrons. The average molecular weight is 430 g/mol. The molecule has 162 valence electrons. The van der Waals surface area contributed by atoms with Crippen LogP contribution in [0, 0.1) is 15.9 Å². The Hall–Kier alpha value is -3.37. The van der Waals surface area contributed by atoms with E-state index < -0.39 is 52.3 Å². The van der Waals surface area contributed by atoms with Gasteiger partial charge in [-0.3, -0.25) is 15.4 Å². The number of alkyl halides is 3. The van der Waals surface area contributed by atoms with Crippen LogP contribution >= 0.6 is 0 Å². The molecule has 0 bridgehead atoms. The van der Waals surface area contributed by atoms with E-state index in [1.807, 2.05) is 0 Å². The Bertz CT molecular complexity index is 955. The summed E-state index contributed by atoms with van der Waals surface area (Å²) in [6.45, 7) is 2.94. The van der Waals surface area contributed by atoms with E-state index in [0.717, 1.165) is 18.2 Å². The van der Waals surface area contributed by atoms with E-state index in [1.165, 1.54) is 18.2 Å². The maximum absolute atomic E-state index is 14.2. The van der Waals surface area contributed by atoms with Gasteiger partial charge in [0.2, 0.25) is 0 Å². The summed E-state index contributed by atoms with van der Waals surface area (Å²) in [5.74, 6) is -1.33. The van der Waals surface area contributed by atoms with Crippen molar-refractivity contribution in [3.63, 3.8) is 0 Å². The number of ether oxygens (including phenoxy) is 2. The van der Waals surface area contributed by atoms with E-state index in [4.69, 9.17) is 9.47 Å². The van der Waals surface area contributed by atoms with E-state index in [0.29, 0.717) is 0 Å². The number of hydrogen-bond acceptors (Lipinski definition) is 5. The fourth-order valence-electron chi connectivity index (χ4n) is 2.40. The first kappa shape index (κ1) is 22.9. The largest absolute Gasteiger partial charge is 0.483 e. The number of carbonyl (C=O) groups is 1. The Morgan fingerprint density at radius 1 is 1.13 bits per heavy atom. The number of nitrogens with zero attached hydrogens (tertiary/aromatic N) is 1. The van der Waals surface area contributed by atoms with Gasteiger partial charge in [-0.1, -0.05) is 18.2 Å². The van der Waals surface area contributed by atoms with E-state index in [9.17, 15) is 32.5 Å². The zero-order valence-corrected chi connectivity index (χ0v) is 16.2. The van der Waals surface area contributed by atoms with Crippen LogP contribution in [0.2, 0.25) is 0 Å². The van der Waals surface area contributed by atoms with Gasteiger partial charge < -0.3 is 9.47 Å². The van der Waals surface area contributed by atoms with Crippen molar-refractivity contribution in [2.45, 2.75) is 32.5 Å². The van der Waals surface area contributed by atoms with Crippen LogP contribution < -0.4 is 10.1 Å². The fraction of sp³-hybridized carbons (Fsp3) is 0.316. The monoisotopic (exact) mass is 430 g/mol. The third kappa shape index (κ3) is 6.33. The second kappa shape index (κ2) is 8.56. The highest BCUT2D eigenvalue weighted by Gasteiger charge is 2.31. The van der Waals surface area contributed by atoms with Gasteiger partial charge >= 0.3 is 12.3 Å². The van der Waals surface area contributed by atoms with Crippen LogP contribution in [0.3, 0.4) is 0 Å². The molecule has 30 heavy (non-hydrogen) atoms. The average Bonchev–Trinajstić information content (AvgIpc) is 2.58. The molecule has 11 heteroatoms. The van der Waals surface area contributed by atoms with Gasteiger partial charge in [0, 0.05) is 23.3 Å². The van der Waals surface area contributed by atoms with E-state index in [-0.39, 0.29) is 11.1 Å². The highest BCUT2D eigenvalue weighted by atomic mass is 19.4. The molecule has 2 rings (SSSR count). The van der Waals surface area contributed by atoms with Crippen molar-refractivity contribution >= 4 is 17.5 Å². The molecular formula is C19H18F4N2O5. The lowest BCUT2D eigenvalue weighted by Gasteiger charge is -2.20. The molecule has 0 heterocycles. The first-order valence-electron chi connectivity index (χ1n) is 8.54. The van der Waals surface area contributed by atoms with Crippen LogP contribution in [0.15, 0.2) is 36.4 Å². The third-order valence-electron chi connectivity index (χ3n) is 3.49. The fourth-order valence-corrected chi connectivity index (χ4v) is 2.40. The van der Waals surface area contributed by atoms with Gasteiger partial charge in [-0.05, 0) is 26.8 Å². The van der Waals surface area contributed by atoms with Crippen molar-refractivity contribution in [2.75, 3.05) is 11.9 Å². The van der Waals surface area contributed by atoms with Crippen LogP contribution in [-0.2, 0) is 4.74 Å². The molecule has 0 spiro atoms. The van der Waals surface area contributed by atoms with Crippen molar-refractivity contribution in [3.05, 3.63) is 52.3 Å². The highest BCUT2D eigenvalue weighted by molar-refractivity contribution is 5.91. The summed E-state index contributed by atoms with van der Waals surface area (Å²) in [4.78, 5) is 22.6. The zero-order valence-electron chi connectivity index (χ0n) is 16.2. The van der Waals surface area contributed by atoms with E-state index in [1.54, 1.807) is 20.8 Å². The van der Waals surface area contributed by atoms with E-state index >= 15 is 0 Å². The Labute approximate surface area is 168 Å². The number of rotatable bonds is 5. The maximum atomic E-state index is 14.2. The smallest absolute Gasteiger partial charge is 0.422 e. The van der Waals surface area contributed by atoms with Gasteiger partial charge in [0.15, 0.2) is 6.61 Å². The number of nitro groups is 1.